The van der Waals surface area contributed by atoms with Crippen LogP contribution in [0.25, 0.3) is 11.0 Å². The Kier molecular flexibility index (Phi) is 3.64. The fraction of sp³-hybridized carbons (Fsp3) is 0.312. The lowest BCUT2D eigenvalue weighted by Crippen LogP contribution is -2.15. The van der Waals surface area contributed by atoms with Crippen molar-refractivity contribution >= 4 is 34.5 Å². The highest BCUT2D eigenvalue weighted by molar-refractivity contribution is 6.35. The van der Waals surface area contributed by atoms with E-state index in [0.717, 1.165) is 5.52 Å². The number of carbonyl (C=O) groups is 1. The number of aryl methyl sites for hydroxylation is 1. The van der Waals surface area contributed by atoms with Crippen molar-refractivity contribution in [3.05, 3.63) is 40.7 Å². The third kappa shape index (κ3) is 2.82. The summed E-state index contributed by atoms with van der Waals surface area (Å²) in [6.45, 7) is 5.97. The molecule has 7 heteroatoms. The second-order valence-electron chi connectivity index (χ2n) is 6.38. The molecule has 0 aliphatic heterocycles. The van der Waals surface area contributed by atoms with Crippen LogP contribution in [-0.4, -0.2) is 20.6 Å². The molecule has 1 amide bonds. The summed E-state index contributed by atoms with van der Waals surface area (Å²) in [5, 5.41) is 7.15. The van der Waals surface area contributed by atoms with E-state index < -0.39 is 0 Å². The number of hydrogen-bond donors (Lipinski definition) is 1. The summed E-state index contributed by atoms with van der Waals surface area (Å²) >= 11 is 6.18. The van der Waals surface area contributed by atoms with Crippen LogP contribution in [0.2, 0.25) is 5.02 Å². The molecule has 0 fully saturated rings. The monoisotopic (exact) mass is 332 g/mol. The lowest BCUT2D eigenvalue weighted by molar-refractivity contribution is 0.101. The fourth-order valence-corrected chi connectivity index (χ4v) is 2.53. The Morgan fingerprint density at radius 2 is 2.09 bits per heavy atom. The van der Waals surface area contributed by atoms with Gasteiger partial charge in [-0.1, -0.05) is 43.6 Å². The number of imidazole rings is 1. The molecular formula is C16H17ClN4O2. The molecule has 0 aliphatic carbocycles. The Hall–Kier alpha value is -2.34. The highest BCUT2D eigenvalue weighted by atomic mass is 35.5. The summed E-state index contributed by atoms with van der Waals surface area (Å²) in [6.07, 6.45) is 0. The Labute approximate surface area is 138 Å². The first-order chi connectivity index (χ1) is 10.8. The highest BCUT2D eigenvalue weighted by Gasteiger charge is 2.23. The van der Waals surface area contributed by atoms with Crippen LogP contribution in [0.3, 0.4) is 0 Å². The van der Waals surface area contributed by atoms with E-state index in [1.54, 1.807) is 23.7 Å². The molecule has 0 bridgehead atoms. The highest BCUT2D eigenvalue weighted by Crippen LogP contribution is 2.26. The quantitative estimate of drug-likeness (QED) is 0.775. The van der Waals surface area contributed by atoms with E-state index in [9.17, 15) is 4.79 Å². The summed E-state index contributed by atoms with van der Waals surface area (Å²) in [4.78, 5) is 16.7. The Morgan fingerprint density at radius 3 is 2.70 bits per heavy atom. The lowest BCUT2D eigenvalue weighted by Gasteiger charge is -2.12. The normalized spacial score (nSPS) is 11.9. The van der Waals surface area contributed by atoms with Gasteiger partial charge in [0.25, 0.3) is 5.91 Å². The average molecular weight is 333 g/mol. The number of carbonyl (C=O) groups excluding carboxylic acids is 1. The average Bonchev–Trinajstić information content (AvgIpc) is 3.05. The maximum atomic E-state index is 12.3. The van der Waals surface area contributed by atoms with Crippen molar-refractivity contribution < 1.29 is 9.32 Å². The molecule has 0 saturated heterocycles. The van der Waals surface area contributed by atoms with Crippen LogP contribution in [0, 0.1) is 0 Å². The zero-order valence-corrected chi connectivity index (χ0v) is 14.1. The van der Waals surface area contributed by atoms with Gasteiger partial charge < -0.3 is 9.09 Å². The molecule has 0 aliphatic rings. The van der Waals surface area contributed by atoms with Crippen molar-refractivity contribution in [1.82, 2.24) is 14.7 Å². The number of halogens is 1. The molecule has 0 spiro atoms. The third-order valence-electron chi connectivity index (χ3n) is 3.55. The number of nitrogens with zero attached hydrogens (tertiary/aromatic N) is 3. The van der Waals surface area contributed by atoms with Gasteiger partial charge in [0.05, 0.1) is 16.1 Å². The minimum atomic E-state index is -0.376. The molecule has 0 atom stereocenters. The van der Waals surface area contributed by atoms with Crippen LogP contribution in [0.5, 0.6) is 0 Å². The first kappa shape index (κ1) is 15.6. The zero-order chi connectivity index (χ0) is 16.8. The van der Waals surface area contributed by atoms with E-state index in [-0.39, 0.29) is 17.0 Å². The first-order valence-electron chi connectivity index (χ1n) is 7.17. The smallest absolute Gasteiger partial charge is 0.280 e. The van der Waals surface area contributed by atoms with Crippen molar-refractivity contribution in [2.24, 2.45) is 7.05 Å². The number of rotatable bonds is 2. The fourth-order valence-electron chi connectivity index (χ4n) is 2.23. The first-order valence-corrected chi connectivity index (χ1v) is 7.54. The molecular weight excluding hydrogens is 316 g/mol. The topological polar surface area (TPSA) is 73.0 Å². The van der Waals surface area contributed by atoms with E-state index in [0.29, 0.717) is 22.2 Å². The Balaban J connectivity index is 1.90. The second kappa shape index (κ2) is 5.38. The number of nitrogens with one attached hydrogen (secondary N) is 1. The molecule has 6 nitrogen and oxygen atoms in total. The number of amides is 1. The van der Waals surface area contributed by atoms with Crippen molar-refractivity contribution in [1.29, 1.82) is 0 Å². The summed E-state index contributed by atoms with van der Waals surface area (Å²) in [5.74, 6) is 0.674. The number of fused-ring (bicyclic) bond motifs is 1. The van der Waals surface area contributed by atoms with Crippen molar-refractivity contribution in [2.75, 3.05) is 5.32 Å². The summed E-state index contributed by atoms with van der Waals surface area (Å²) in [5.41, 5.74) is 1.48. The van der Waals surface area contributed by atoms with Gasteiger partial charge in [0.2, 0.25) is 5.95 Å². The van der Waals surface area contributed by atoms with Gasteiger partial charge in [-0.2, -0.15) is 0 Å². The SMILES string of the molecule is Cn1c(NC(=O)c2cc(C(C)(C)C)on2)nc2cccc(Cl)c21. The molecule has 2 heterocycles. The predicted octanol–water partition coefficient (Wildman–Crippen LogP) is 3.76. The van der Waals surface area contributed by atoms with Gasteiger partial charge in [-0.05, 0) is 12.1 Å². The van der Waals surface area contributed by atoms with Crippen LogP contribution < -0.4 is 5.32 Å². The number of benzene rings is 1. The van der Waals surface area contributed by atoms with Crippen LogP contribution in [0.15, 0.2) is 28.8 Å². The molecule has 3 rings (SSSR count). The van der Waals surface area contributed by atoms with Gasteiger partial charge >= 0.3 is 0 Å². The van der Waals surface area contributed by atoms with E-state index in [1.165, 1.54) is 0 Å². The number of para-hydroxylation sites is 1. The Bertz CT molecular complexity index is 889. The molecule has 23 heavy (non-hydrogen) atoms. The van der Waals surface area contributed by atoms with Gasteiger partial charge in [-0.15, -0.1) is 0 Å². The van der Waals surface area contributed by atoms with E-state index in [1.807, 2.05) is 32.9 Å². The molecule has 0 saturated carbocycles. The largest absolute Gasteiger partial charge is 0.360 e. The number of hydrogen-bond acceptors (Lipinski definition) is 4. The van der Waals surface area contributed by atoms with E-state index in [4.69, 9.17) is 16.1 Å². The van der Waals surface area contributed by atoms with Crippen LogP contribution in [0.1, 0.15) is 37.0 Å². The van der Waals surface area contributed by atoms with Crippen LogP contribution >= 0.6 is 11.6 Å². The minimum absolute atomic E-state index is 0.211. The van der Waals surface area contributed by atoms with Crippen molar-refractivity contribution in [3.63, 3.8) is 0 Å². The van der Waals surface area contributed by atoms with E-state index >= 15 is 0 Å². The molecule has 0 unspecified atom stereocenters. The van der Waals surface area contributed by atoms with Gasteiger partial charge in [0.1, 0.15) is 5.76 Å². The van der Waals surface area contributed by atoms with Gasteiger partial charge in [0, 0.05) is 18.5 Å². The number of anilines is 1. The molecule has 2 aromatic heterocycles. The van der Waals surface area contributed by atoms with E-state index in [2.05, 4.69) is 15.5 Å². The van der Waals surface area contributed by atoms with Crippen molar-refractivity contribution in [2.45, 2.75) is 26.2 Å². The summed E-state index contributed by atoms with van der Waals surface area (Å²) in [7, 11) is 1.79. The maximum Gasteiger partial charge on any atom is 0.280 e. The molecule has 1 aromatic carbocycles. The molecule has 3 aromatic rings. The predicted molar refractivity (Wildman–Crippen MR) is 88.9 cm³/mol. The zero-order valence-electron chi connectivity index (χ0n) is 13.3. The summed E-state index contributed by atoms with van der Waals surface area (Å²) in [6, 6.07) is 7.08. The van der Waals surface area contributed by atoms with Gasteiger partial charge in [0.15, 0.2) is 5.69 Å². The van der Waals surface area contributed by atoms with Gasteiger partial charge in [-0.25, -0.2) is 4.98 Å². The second-order valence-corrected chi connectivity index (χ2v) is 6.79. The third-order valence-corrected chi connectivity index (χ3v) is 3.86. The Morgan fingerprint density at radius 1 is 1.35 bits per heavy atom. The van der Waals surface area contributed by atoms with Crippen LogP contribution in [0.4, 0.5) is 5.95 Å². The molecule has 120 valence electrons. The van der Waals surface area contributed by atoms with Gasteiger partial charge in [-0.3, -0.25) is 10.1 Å². The minimum Gasteiger partial charge on any atom is -0.360 e. The maximum absolute atomic E-state index is 12.3. The summed E-state index contributed by atoms with van der Waals surface area (Å²) < 4.78 is 6.97. The lowest BCUT2D eigenvalue weighted by atomic mass is 9.93. The van der Waals surface area contributed by atoms with Crippen molar-refractivity contribution in [3.8, 4) is 0 Å². The molecule has 1 N–H and O–H groups in total. The number of aromatic nitrogens is 3. The molecule has 0 radical (unpaired) electrons. The standard InChI is InChI=1S/C16H17ClN4O2/c1-16(2,3)12-8-11(20-23-12)14(22)19-15-18-10-7-5-6-9(17)13(10)21(15)4/h5-8H,1-4H3,(H,18,19,22). The van der Waals surface area contributed by atoms with Crippen LogP contribution in [-0.2, 0) is 12.5 Å².